The predicted molar refractivity (Wildman–Crippen MR) is 163 cm³/mol. The van der Waals surface area contributed by atoms with Crippen LogP contribution in [0.3, 0.4) is 0 Å². The monoisotopic (exact) mass is 631 g/mol. The molecule has 1 radical (unpaired) electrons. The summed E-state index contributed by atoms with van der Waals surface area (Å²) in [6, 6.07) is 10.1. The molecule has 2 aromatic rings. The number of benzene rings is 2. The second-order valence-electron chi connectivity index (χ2n) is 10.4. The van der Waals surface area contributed by atoms with Gasteiger partial charge in [0.1, 0.15) is 23.5 Å². The van der Waals surface area contributed by atoms with Gasteiger partial charge in [-0.25, -0.2) is 8.78 Å². The number of aliphatic hydroxyl groups is 1. The Morgan fingerprint density at radius 1 is 0.905 bits per heavy atom. The molecule has 2 aliphatic rings. The zero-order valence-corrected chi connectivity index (χ0v) is 25.9. The second kappa shape index (κ2) is 22.0. The van der Waals surface area contributed by atoms with Gasteiger partial charge in [-0.05, 0) is 85.4 Å². The maximum atomic E-state index is 12.7. The molecule has 0 bridgehead atoms. The molecule has 2 aromatic carbocycles. The maximum Gasteiger partial charge on any atom is 0.189 e. The van der Waals surface area contributed by atoms with E-state index in [0.717, 1.165) is 38.0 Å². The first-order valence-electron chi connectivity index (χ1n) is 14.8. The molecular weight excluding hydrogens is 586 g/mol. The van der Waals surface area contributed by atoms with Crippen LogP contribution in [-0.2, 0) is 26.5 Å². The minimum Gasteiger partial charge on any atom is -0.507 e. The van der Waals surface area contributed by atoms with Crippen LogP contribution in [0.2, 0.25) is 0 Å². The SMILES string of the molecule is C=C(CCCCCC)C1CO1.CCCCCCC1=CCOC1.O=C(C=C(O)c1ccc(F)cc1)c1ccc(F)cc1.[Cu]. The Morgan fingerprint density at radius 2 is 1.45 bits per heavy atom. The smallest absolute Gasteiger partial charge is 0.189 e. The number of halogens is 2. The summed E-state index contributed by atoms with van der Waals surface area (Å²) in [6.45, 7) is 11.1. The molecule has 1 unspecified atom stereocenters. The van der Waals surface area contributed by atoms with E-state index in [-0.39, 0.29) is 28.4 Å². The van der Waals surface area contributed by atoms with E-state index in [9.17, 15) is 18.7 Å². The molecule has 0 aromatic heterocycles. The average molecular weight is 632 g/mol. The molecule has 1 atom stereocenters. The van der Waals surface area contributed by atoms with Crippen LogP contribution < -0.4 is 0 Å². The number of ketones is 1. The molecule has 0 aliphatic carbocycles. The van der Waals surface area contributed by atoms with Gasteiger partial charge in [0.15, 0.2) is 5.78 Å². The Morgan fingerprint density at radius 3 is 1.95 bits per heavy atom. The summed E-state index contributed by atoms with van der Waals surface area (Å²) in [6.07, 6.45) is 16.9. The number of allylic oxidation sites excluding steroid dienone is 1. The molecule has 4 nitrogen and oxygen atoms in total. The number of rotatable bonds is 14. The quantitative estimate of drug-likeness (QED) is 0.0429. The van der Waals surface area contributed by atoms with Crippen molar-refractivity contribution in [3.63, 3.8) is 0 Å². The average Bonchev–Trinajstić information content (AvgIpc) is 3.70. The van der Waals surface area contributed by atoms with Gasteiger partial charge in [-0.1, -0.05) is 65.0 Å². The molecule has 1 fully saturated rings. The summed E-state index contributed by atoms with van der Waals surface area (Å²) in [5.74, 6) is -1.60. The van der Waals surface area contributed by atoms with Crippen molar-refractivity contribution >= 4 is 11.5 Å². The Hall–Kier alpha value is -2.57. The largest absolute Gasteiger partial charge is 0.507 e. The third kappa shape index (κ3) is 16.2. The molecular formula is C35H46CuF2O4. The number of carbonyl (C=O) groups is 1. The maximum absolute atomic E-state index is 12.7. The number of hydrogen-bond donors (Lipinski definition) is 1. The van der Waals surface area contributed by atoms with Crippen molar-refractivity contribution in [2.45, 2.75) is 84.2 Å². The summed E-state index contributed by atoms with van der Waals surface area (Å²) in [5.41, 5.74) is 3.41. The molecule has 1 saturated heterocycles. The van der Waals surface area contributed by atoms with Crippen LogP contribution in [-0.4, -0.2) is 36.8 Å². The third-order valence-electron chi connectivity index (χ3n) is 6.81. The standard InChI is InChI=1S/C15H10F2O2.2C10H18O.Cu/c16-12-5-1-10(2-6-12)14(18)9-15(19)11-3-7-13(17)8-4-11;1-3-4-5-6-7-9(2)10-8-11-10;1-2-3-4-5-6-10-7-8-11-9-10;/h1-9,18H;10H,2-8H2,1H3;7H,2-6,8-9H2,1H3;. The number of carbonyl (C=O) groups excluding carboxylic acids is 1. The van der Waals surface area contributed by atoms with Crippen LogP contribution in [0.1, 0.15) is 94.0 Å². The Balaban J connectivity index is 0.000000332. The van der Waals surface area contributed by atoms with E-state index in [1.807, 2.05) is 0 Å². The number of aliphatic hydroxyl groups excluding tert-OH is 1. The van der Waals surface area contributed by atoms with Gasteiger partial charge in [0.05, 0.1) is 19.8 Å². The summed E-state index contributed by atoms with van der Waals surface area (Å²) in [4.78, 5) is 11.8. The molecule has 7 heteroatoms. The molecule has 1 N–H and O–H groups in total. The fourth-order valence-corrected chi connectivity index (χ4v) is 4.13. The number of epoxide rings is 1. The van der Waals surface area contributed by atoms with E-state index >= 15 is 0 Å². The van der Waals surface area contributed by atoms with Crippen LogP contribution in [0, 0.1) is 11.6 Å². The molecule has 2 heterocycles. The number of hydrogen-bond acceptors (Lipinski definition) is 4. The van der Waals surface area contributed by atoms with Gasteiger partial charge in [0.2, 0.25) is 0 Å². The van der Waals surface area contributed by atoms with Crippen LogP contribution in [0.4, 0.5) is 8.78 Å². The van der Waals surface area contributed by atoms with Gasteiger partial charge in [0.25, 0.3) is 0 Å². The molecule has 0 saturated carbocycles. The first-order chi connectivity index (χ1) is 19.8. The Labute approximate surface area is 261 Å². The van der Waals surface area contributed by atoms with Crippen molar-refractivity contribution in [1.29, 1.82) is 0 Å². The summed E-state index contributed by atoms with van der Waals surface area (Å²) < 4.78 is 35.8. The minimum absolute atomic E-state index is 0. The van der Waals surface area contributed by atoms with Crippen molar-refractivity contribution in [3.05, 3.63) is 101 Å². The van der Waals surface area contributed by atoms with Gasteiger partial charge >= 0.3 is 0 Å². The summed E-state index contributed by atoms with van der Waals surface area (Å²) >= 11 is 0. The van der Waals surface area contributed by atoms with E-state index in [1.165, 1.54) is 112 Å². The second-order valence-corrected chi connectivity index (χ2v) is 10.4. The van der Waals surface area contributed by atoms with Crippen molar-refractivity contribution in [2.75, 3.05) is 19.8 Å². The fourth-order valence-electron chi connectivity index (χ4n) is 4.13. The minimum atomic E-state index is -0.457. The third-order valence-corrected chi connectivity index (χ3v) is 6.81. The van der Waals surface area contributed by atoms with Crippen LogP contribution >= 0.6 is 0 Å². The zero-order valence-electron chi connectivity index (χ0n) is 25.0. The Bertz CT molecular complexity index is 1110. The molecule has 0 amide bonds. The van der Waals surface area contributed by atoms with E-state index in [2.05, 4.69) is 26.5 Å². The normalized spacial score (nSPS) is 15.3. The van der Waals surface area contributed by atoms with Crippen LogP contribution in [0.5, 0.6) is 0 Å². The number of ether oxygens (including phenoxy) is 2. The predicted octanol–water partition coefficient (Wildman–Crippen LogP) is 9.57. The van der Waals surface area contributed by atoms with Crippen molar-refractivity contribution < 1.29 is 45.2 Å². The van der Waals surface area contributed by atoms with Crippen LogP contribution in [0.15, 0.2) is 78.4 Å². The van der Waals surface area contributed by atoms with Crippen molar-refractivity contribution in [2.24, 2.45) is 0 Å². The summed E-state index contributed by atoms with van der Waals surface area (Å²) in [7, 11) is 0. The molecule has 42 heavy (non-hydrogen) atoms. The molecule has 4 rings (SSSR count). The van der Waals surface area contributed by atoms with Gasteiger partial charge in [-0.3, -0.25) is 4.79 Å². The van der Waals surface area contributed by atoms with Crippen molar-refractivity contribution in [1.82, 2.24) is 0 Å². The van der Waals surface area contributed by atoms with E-state index < -0.39 is 17.4 Å². The molecule has 235 valence electrons. The zero-order chi connectivity index (χ0) is 29.9. The van der Waals surface area contributed by atoms with E-state index in [4.69, 9.17) is 9.47 Å². The van der Waals surface area contributed by atoms with Gasteiger partial charge in [0, 0.05) is 34.3 Å². The Kier molecular flexibility index (Phi) is 19.7. The van der Waals surface area contributed by atoms with Crippen LogP contribution in [0.25, 0.3) is 5.76 Å². The number of unbranched alkanes of at least 4 members (excludes halogenated alkanes) is 6. The van der Waals surface area contributed by atoms with Gasteiger partial charge < -0.3 is 14.6 Å². The fraction of sp³-hybridized carbons (Fsp3) is 0.457. The molecule has 0 spiro atoms. The molecule has 2 aliphatic heterocycles. The topological polar surface area (TPSA) is 59.1 Å². The van der Waals surface area contributed by atoms with E-state index in [1.54, 1.807) is 0 Å². The van der Waals surface area contributed by atoms with Gasteiger partial charge in [-0.15, -0.1) is 0 Å². The van der Waals surface area contributed by atoms with Gasteiger partial charge in [-0.2, -0.15) is 0 Å². The first kappa shape index (κ1) is 37.5. The van der Waals surface area contributed by atoms with E-state index in [0.29, 0.717) is 11.7 Å². The summed E-state index contributed by atoms with van der Waals surface area (Å²) in [5, 5.41) is 9.74. The first-order valence-corrected chi connectivity index (χ1v) is 14.8. The van der Waals surface area contributed by atoms with Crippen molar-refractivity contribution in [3.8, 4) is 0 Å².